The molecule has 0 radical (unpaired) electrons. The molecule has 7 heteroatoms. The molecule has 1 saturated carbocycles. The summed E-state index contributed by atoms with van der Waals surface area (Å²) in [5.74, 6) is 0.324. The predicted molar refractivity (Wildman–Crippen MR) is 81.2 cm³/mol. The summed E-state index contributed by atoms with van der Waals surface area (Å²) >= 11 is 3.28. The van der Waals surface area contributed by atoms with Crippen LogP contribution in [0.1, 0.15) is 25.7 Å². The first-order valence-corrected chi connectivity index (χ1v) is 8.83. The van der Waals surface area contributed by atoms with E-state index in [0.29, 0.717) is 10.2 Å². The molecule has 1 aromatic carbocycles. The monoisotopic (exact) mass is 362 g/mol. The summed E-state index contributed by atoms with van der Waals surface area (Å²) in [6.07, 6.45) is 3.68. The highest BCUT2D eigenvalue weighted by atomic mass is 79.9. The molecule has 2 rings (SSSR count). The van der Waals surface area contributed by atoms with Gasteiger partial charge in [-0.05, 0) is 31.0 Å². The quantitative estimate of drug-likeness (QED) is 0.858. The van der Waals surface area contributed by atoms with Gasteiger partial charge in [-0.3, -0.25) is 0 Å². The largest absolute Gasteiger partial charge is 0.495 e. The van der Waals surface area contributed by atoms with Crippen LogP contribution >= 0.6 is 15.9 Å². The highest BCUT2D eigenvalue weighted by molar-refractivity contribution is 9.10. The van der Waals surface area contributed by atoms with Crippen molar-refractivity contribution in [1.29, 1.82) is 0 Å². The van der Waals surface area contributed by atoms with E-state index in [9.17, 15) is 8.42 Å². The lowest BCUT2D eigenvalue weighted by molar-refractivity contribution is 0.359. The normalized spacial score (nSPS) is 23.6. The molecule has 1 aliphatic carbocycles. The second-order valence-corrected chi connectivity index (χ2v) is 7.57. The van der Waals surface area contributed by atoms with Gasteiger partial charge >= 0.3 is 0 Å². The summed E-state index contributed by atoms with van der Waals surface area (Å²) in [5.41, 5.74) is 6.00. The Bertz CT molecular complexity index is 577. The van der Waals surface area contributed by atoms with Crippen molar-refractivity contribution in [3.8, 4) is 5.75 Å². The number of nitrogens with one attached hydrogen (secondary N) is 1. The zero-order valence-electron chi connectivity index (χ0n) is 11.3. The topological polar surface area (TPSA) is 81.4 Å². The van der Waals surface area contributed by atoms with Gasteiger partial charge in [0, 0.05) is 16.6 Å². The highest BCUT2D eigenvalue weighted by Gasteiger charge is 2.28. The molecule has 20 heavy (non-hydrogen) atoms. The maximum Gasteiger partial charge on any atom is 0.244 e. The molecule has 2 unspecified atom stereocenters. The van der Waals surface area contributed by atoms with Gasteiger partial charge in [-0.1, -0.05) is 28.8 Å². The maximum atomic E-state index is 12.5. The van der Waals surface area contributed by atoms with Crippen LogP contribution in [0.2, 0.25) is 0 Å². The molecule has 1 fully saturated rings. The fourth-order valence-corrected chi connectivity index (χ4v) is 4.46. The van der Waals surface area contributed by atoms with Gasteiger partial charge in [0.1, 0.15) is 10.6 Å². The van der Waals surface area contributed by atoms with Crippen LogP contribution in [0.3, 0.4) is 0 Å². The Morgan fingerprint density at radius 1 is 1.35 bits per heavy atom. The lowest BCUT2D eigenvalue weighted by atomic mass is 9.92. The molecule has 0 heterocycles. The second kappa shape index (κ2) is 6.43. The Kier molecular flexibility index (Phi) is 5.06. The van der Waals surface area contributed by atoms with Crippen LogP contribution in [0.25, 0.3) is 0 Å². The molecule has 1 aromatic rings. The summed E-state index contributed by atoms with van der Waals surface area (Å²) in [6, 6.07) is 4.56. The van der Waals surface area contributed by atoms with Crippen LogP contribution in [0.15, 0.2) is 27.6 Å². The number of methoxy groups -OCH3 is 1. The maximum absolute atomic E-state index is 12.5. The Morgan fingerprint density at radius 2 is 2.05 bits per heavy atom. The smallest absolute Gasteiger partial charge is 0.244 e. The number of benzene rings is 1. The average molecular weight is 363 g/mol. The van der Waals surface area contributed by atoms with E-state index < -0.39 is 10.0 Å². The first-order valence-electron chi connectivity index (χ1n) is 6.55. The van der Waals surface area contributed by atoms with Gasteiger partial charge in [0.15, 0.2) is 0 Å². The van der Waals surface area contributed by atoms with Crippen LogP contribution < -0.4 is 15.2 Å². The van der Waals surface area contributed by atoms with Gasteiger partial charge in [-0.2, -0.15) is 0 Å². The molecular formula is C13H19BrN2O3S. The lowest BCUT2D eigenvalue weighted by Gasteiger charge is -2.29. The van der Waals surface area contributed by atoms with Crippen LogP contribution in [-0.2, 0) is 10.0 Å². The van der Waals surface area contributed by atoms with Crippen molar-refractivity contribution in [3.05, 3.63) is 22.7 Å². The molecule has 0 saturated heterocycles. The van der Waals surface area contributed by atoms with Gasteiger partial charge in [0.05, 0.1) is 7.11 Å². The zero-order chi connectivity index (χ0) is 14.8. The van der Waals surface area contributed by atoms with E-state index in [1.165, 1.54) is 13.2 Å². The third kappa shape index (κ3) is 3.52. The predicted octanol–water partition coefficient (Wildman–Crippen LogP) is 2.01. The van der Waals surface area contributed by atoms with Gasteiger partial charge in [-0.15, -0.1) is 0 Å². The summed E-state index contributed by atoms with van der Waals surface area (Å²) in [5, 5.41) is 0. The third-order valence-electron chi connectivity index (χ3n) is 3.54. The van der Waals surface area contributed by atoms with Crippen molar-refractivity contribution >= 4 is 26.0 Å². The highest BCUT2D eigenvalue weighted by Crippen LogP contribution is 2.28. The standard InChI is InChI=1S/C13H19BrN2O3S/c1-19-12-7-6-9(14)8-13(12)20(17,18)16-11-5-3-2-4-10(11)15/h6-8,10-11,16H,2-5,15H2,1H3. The molecule has 2 atom stereocenters. The SMILES string of the molecule is COc1ccc(Br)cc1S(=O)(=O)NC1CCCCC1N. The number of ether oxygens (including phenoxy) is 1. The molecule has 3 N–H and O–H groups in total. The van der Waals surface area contributed by atoms with E-state index in [2.05, 4.69) is 20.7 Å². The fourth-order valence-electron chi connectivity index (χ4n) is 2.43. The summed E-state index contributed by atoms with van der Waals surface area (Å²) in [4.78, 5) is 0.132. The number of sulfonamides is 1. The number of halogens is 1. The van der Waals surface area contributed by atoms with Crippen molar-refractivity contribution in [2.45, 2.75) is 42.7 Å². The number of hydrogen-bond donors (Lipinski definition) is 2. The molecule has 0 aliphatic heterocycles. The molecule has 1 aliphatic rings. The van der Waals surface area contributed by atoms with E-state index in [-0.39, 0.29) is 17.0 Å². The minimum Gasteiger partial charge on any atom is -0.495 e. The Labute approximate surface area is 128 Å². The minimum absolute atomic E-state index is 0.128. The third-order valence-corrected chi connectivity index (χ3v) is 5.55. The van der Waals surface area contributed by atoms with Gasteiger partial charge in [0.25, 0.3) is 0 Å². The van der Waals surface area contributed by atoms with Crippen LogP contribution in [0.5, 0.6) is 5.75 Å². The Balaban J connectivity index is 2.28. The van der Waals surface area contributed by atoms with Crippen LogP contribution in [-0.4, -0.2) is 27.6 Å². The average Bonchev–Trinajstić information content (AvgIpc) is 2.41. The number of nitrogens with two attached hydrogens (primary N) is 1. The summed E-state index contributed by atoms with van der Waals surface area (Å²) < 4.78 is 33.5. The molecule has 112 valence electrons. The molecule has 5 nitrogen and oxygen atoms in total. The fraction of sp³-hybridized carbons (Fsp3) is 0.538. The van der Waals surface area contributed by atoms with E-state index >= 15 is 0 Å². The molecule has 0 amide bonds. The first-order chi connectivity index (χ1) is 9.44. The van der Waals surface area contributed by atoms with Crippen LogP contribution in [0, 0.1) is 0 Å². The van der Waals surface area contributed by atoms with Crippen molar-refractivity contribution in [1.82, 2.24) is 4.72 Å². The first kappa shape index (κ1) is 15.8. The minimum atomic E-state index is -3.64. The van der Waals surface area contributed by atoms with Gasteiger partial charge < -0.3 is 10.5 Å². The summed E-state index contributed by atoms with van der Waals surface area (Å²) in [6.45, 7) is 0. The number of hydrogen-bond acceptors (Lipinski definition) is 4. The lowest BCUT2D eigenvalue weighted by Crippen LogP contribution is -2.49. The molecular weight excluding hydrogens is 344 g/mol. The van der Waals surface area contributed by atoms with E-state index in [1.807, 2.05) is 0 Å². The Morgan fingerprint density at radius 3 is 2.70 bits per heavy atom. The van der Waals surface area contributed by atoms with Crippen molar-refractivity contribution in [2.24, 2.45) is 5.73 Å². The molecule has 0 spiro atoms. The van der Waals surface area contributed by atoms with E-state index in [0.717, 1.165) is 25.7 Å². The van der Waals surface area contributed by atoms with Gasteiger partial charge in [0.2, 0.25) is 10.0 Å². The second-order valence-electron chi connectivity index (χ2n) is 4.97. The van der Waals surface area contributed by atoms with Crippen molar-refractivity contribution in [3.63, 3.8) is 0 Å². The number of rotatable bonds is 4. The van der Waals surface area contributed by atoms with Crippen molar-refractivity contribution in [2.75, 3.05) is 7.11 Å². The van der Waals surface area contributed by atoms with Crippen LogP contribution in [0.4, 0.5) is 0 Å². The van der Waals surface area contributed by atoms with Crippen molar-refractivity contribution < 1.29 is 13.2 Å². The van der Waals surface area contributed by atoms with Gasteiger partial charge in [-0.25, -0.2) is 13.1 Å². The van der Waals surface area contributed by atoms with E-state index in [4.69, 9.17) is 10.5 Å². The molecule has 0 bridgehead atoms. The Hall–Kier alpha value is -0.630. The molecule has 0 aromatic heterocycles. The van der Waals surface area contributed by atoms with E-state index in [1.54, 1.807) is 12.1 Å². The summed E-state index contributed by atoms with van der Waals surface area (Å²) in [7, 11) is -2.19. The zero-order valence-corrected chi connectivity index (χ0v) is 13.7.